The van der Waals surface area contributed by atoms with E-state index in [-0.39, 0.29) is 6.61 Å². The van der Waals surface area contributed by atoms with Crippen LogP contribution in [0.1, 0.15) is 46.5 Å². The monoisotopic (exact) mass is 274 g/mol. The molecule has 0 saturated heterocycles. The minimum Gasteiger partial charge on any atom is -0.396 e. The highest BCUT2D eigenvalue weighted by Crippen LogP contribution is 2.10. The first kappa shape index (κ1) is 18.8. The van der Waals surface area contributed by atoms with Gasteiger partial charge in [0.15, 0.2) is 0 Å². The Morgan fingerprint density at radius 1 is 1.21 bits per heavy atom. The van der Waals surface area contributed by atoms with Crippen molar-refractivity contribution < 1.29 is 9.84 Å². The summed E-state index contributed by atoms with van der Waals surface area (Å²) in [5, 5.41) is 12.7. The molecule has 0 aliphatic rings. The molecule has 0 aromatic rings. The van der Waals surface area contributed by atoms with E-state index in [1.807, 2.05) is 0 Å². The van der Waals surface area contributed by atoms with E-state index in [1.165, 1.54) is 12.8 Å². The number of nitrogens with zero attached hydrogens (tertiary/aromatic N) is 1. The SMILES string of the molecule is CCCNC(CCO)CN(CCOC)C(CC)CC. The lowest BCUT2D eigenvalue weighted by atomic mass is 10.1. The van der Waals surface area contributed by atoms with Crippen LogP contribution in [0.5, 0.6) is 0 Å². The van der Waals surface area contributed by atoms with Gasteiger partial charge in [-0.2, -0.15) is 0 Å². The normalized spacial score (nSPS) is 13.4. The maximum atomic E-state index is 9.19. The summed E-state index contributed by atoms with van der Waals surface area (Å²) in [7, 11) is 1.76. The van der Waals surface area contributed by atoms with Crippen molar-refractivity contribution in [3.8, 4) is 0 Å². The molecular weight excluding hydrogens is 240 g/mol. The van der Waals surface area contributed by atoms with E-state index < -0.39 is 0 Å². The Bertz CT molecular complexity index is 187. The maximum absolute atomic E-state index is 9.19. The highest BCUT2D eigenvalue weighted by molar-refractivity contribution is 4.77. The van der Waals surface area contributed by atoms with E-state index in [1.54, 1.807) is 7.11 Å². The molecule has 0 fully saturated rings. The van der Waals surface area contributed by atoms with Crippen LogP contribution in [0.3, 0.4) is 0 Å². The summed E-state index contributed by atoms with van der Waals surface area (Å²) < 4.78 is 5.22. The standard InChI is InChI=1S/C15H34N2O2/c1-5-9-16-14(8-11-18)13-17(10-12-19-4)15(6-2)7-3/h14-16,18H,5-13H2,1-4H3. The van der Waals surface area contributed by atoms with Crippen LogP contribution in [0.15, 0.2) is 0 Å². The zero-order valence-corrected chi connectivity index (χ0v) is 13.3. The number of aliphatic hydroxyl groups excluding tert-OH is 1. The Labute approximate surface area is 119 Å². The zero-order valence-electron chi connectivity index (χ0n) is 13.3. The zero-order chi connectivity index (χ0) is 14.5. The molecule has 0 aliphatic heterocycles. The Morgan fingerprint density at radius 2 is 1.89 bits per heavy atom. The molecule has 0 spiro atoms. The van der Waals surface area contributed by atoms with Gasteiger partial charge in [-0.3, -0.25) is 4.90 Å². The summed E-state index contributed by atoms with van der Waals surface area (Å²) in [5.74, 6) is 0. The van der Waals surface area contributed by atoms with Gasteiger partial charge in [0.1, 0.15) is 0 Å². The largest absolute Gasteiger partial charge is 0.396 e. The lowest BCUT2D eigenvalue weighted by Gasteiger charge is -2.33. The van der Waals surface area contributed by atoms with Gasteiger partial charge in [0, 0.05) is 38.9 Å². The van der Waals surface area contributed by atoms with E-state index in [2.05, 4.69) is 31.0 Å². The van der Waals surface area contributed by atoms with Gasteiger partial charge in [0.05, 0.1) is 6.61 Å². The van der Waals surface area contributed by atoms with Crippen LogP contribution in [-0.4, -0.2) is 62.0 Å². The van der Waals surface area contributed by atoms with Crippen LogP contribution in [0, 0.1) is 0 Å². The van der Waals surface area contributed by atoms with E-state index in [9.17, 15) is 5.11 Å². The first-order valence-electron chi connectivity index (χ1n) is 7.80. The number of aliphatic hydroxyl groups is 1. The topological polar surface area (TPSA) is 44.7 Å². The molecule has 0 saturated carbocycles. The summed E-state index contributed by atoms with van der Waals surface area (Å²) in [4.78, 5) is 2.51. The number of hydrogen-bond acceptors (Lipinski definition) is 4. The molecule has 4 nitrogen and oxygen atoms in total. The average Bonchev–Trinajstić information content (AvgIpc) is 2.43. The van der Waals surface area contributed by atoms with Crippen LogP contribution in [0.4, 0.5) is 0 Å². The second-order valence-electron chi connectivity index (χ2n) is 5.12. The Balaban J connectivity index is 4.43. The molecule has 0 bridgehead atoms. The summed E-state index contributed by atoms with van der Waals surface area (Å²) in [6.45, 7) is 10.7. The summed E-state index contributed by atoms with van der Waals surface area (Å²) in [6.07, 6.45) is 4.29. The maximum Gasteiger partial charge on any atom is 0.0589 e. The molecule has 0 heterocycles. The minimum atomic E-state index is 0.252. The third kappa shape index (κ3) is 8.58. The van der Waals surface area contributed by atoms with Crippen molar-refractivity contribution in [3.63, 3.8) is 0 Å². The fourth-order valence-corrected chi connectivity index (χ4v) is 2.48. The van der Waals surface area contributed by atoms with Gasteiger partial charge in [-0.05, 0) is 32.2 Å². The highest BCUT2D eigenvalue weighted by Gasteiger charge is 2.19. The lowest BCUT2D eigenvalue weighted by Crippen LogP contribution is -2.47. The first-order valence-corrected chi connectivity index (χ1v) is 7.80. The van der Waals surface area contributed by atoms with Gasteiger partial charge < -0.3 is 15.2 Å². The molecule has 116 valence electrons. The van der Waals surface area contributed by atoms with Crippen molar-refractivity contribution in [2.24, 2.45) is 0 Å². The Kier molecular flexibility index (Phi) is 12.7. The molecule has 0 radical (unpaired) electrons. The van der Waals surface area contributed by atoms with Crippen LogP contribution in [0.25, 0.3) is 0 Å². The summed E-state index contributed by atoms with van der Waals surface area (Å²) in [6, 6.07) is 0.988. The van der Waals surface area contributed by atoms with E-state index in [0.717, 1.165) is 39.1 Å². The third-order valence-corrected chi connectivity index (χ3v) is 3.66. The number of methoxy groups -OCH3 is 1. The molecule has 2 N–H and O–H groups in total. The van der Waals surface area contributed by atoms with Crippen molar-refractivity contribution >= 4 is 0 Å². The number of hydrogen-bond donors (Lipinski definition) is 2. The summed E-state index contributed by atoms with van der Waals surface area (Å²) >= 11 is 0. The van der Waals surface area contributed by atoms with Gasteiger partial charge >= 0.3 is 0 Å². The predicted molar refractivity (Wildman–Crippen MR) is 81.6 cm³/mol. The van der Waals surface area contributed by atoms with Gasteiger partial charge in [-0.1, -0.05) is 20.8 Å². The first-order chi connectivity index (χ1) is 9.23. The second-order valence-corrected chi connectivity index (χ2v) is 5.12. The van der Waals surface area contributed by atoms with Crippen molar-refractivity contribution in [1.29, 1.82) is 0 Å². The van der Waals surface area contributed by atoms with Crippen molar-refractivity contribution in [2.45, 2.75) is 58.5 Å². The van der Waals surface area contributed by atoms with E-state index >= 15 is 0 Å². The molecule has 4 heteroatoms. The van der Waals surface area contributed by atoms with Crippen molar-refractivity contribution in [1.82, 2.24) is 10.2 Å². The van der Waals surface area contributed by atoms with Crippen LogP contribution < -0.4 is 5.32 Å². The molecule has 0 amide bonds. The molecule has 1 atom stereocenters. The Hall–Kier alpha value is -0.160. The number of ether oxygens (including phenoxy) is 1. The van der Waals surface area contributed by atoms with Gasteiger partial charge in [-0.15, -0.1) is 0 Å². The molecular formula is C15H34N2O2. The Morgan fingerprint density at radius 3 is 2.37 bits per heavy atom. The van der Waals surface area contributed by atoms with Gasteiger partial charge in [-0.25, -0.2) is 0 Å². The fourth-order valence-electron chi connectivity index (χ4n) is 2.48. The van der Waals surface area contributed by atoms with Crippen LogP contribution in [-0.2, 0) is 4.74 Å². The lowest BCUT2D eigenvalue weighted by molar-refractivity contribution is 0.102. The van der Waals surface area contributed by atoms with Gasteiger partial charge in [0.2, 0.25) is 0 Å². The number of nitrogens with one attached hydrogen (secondary N) is 1. The van der Waals surface area contributed by atoms with Crippen LogP contribution >= 0.6 is 0 Å². The quantitative estimate of drug-likeness (QED) is 0.538. The molecule has 0 aromatic carbocycles. The van der Waals surface area contributed by atoms with Crippen LogP contribution in [0.2, 0.25) is 0 Å². The third-order valence-electron chi connectivity index (χ3n) is 3.66. The molecule has 0 aromatic heterocycles. The van der Waals surface area contributed by atoms with E-state index in [4.69, 9.17) is 4.74 Å². The van der Waals surface area contributed by atoms with E-state index in [0.29, 0.717) is 12.1 Å². The van der Waals surface area contributed by atoms with Crippen molar-refractivity contribution in [3.05, 3.63) is 0 Å². The fraction of sp³-hybridized carbons (Fsp3) is 1.00. The van der Waals surface area contributed by atoms with Gasteiger partial charge in [0.25, 0.3) is 0 Å². The molecule has 1 unspecified atom stereocenters. The molecule has 0 rings (SSSR count). The predicted octanol–water partition coefficient (Wildman–Crippen LogP) is 1.87. The van der Waals surface area contributed by atoms with Crippen molar-refractivity contribution in [2.75, 3.05) is 40.0 Å². The molecule has 0 aliphatic carbocycles. The second kappa shape index (κ2) is 12.9. The summed E-state index contributed by atoms with van der Waals surface area (Å²) in [5.41, 5.74) is 0. The number of rotatable bonds is 13. The minimum absolute atomic E-state index is 0.252. The smallest absolute Gasteiger partial charge is 0.0589 e. The molecule has 19 heavy (non-hydrogen) atoms. The highest BCUT2D eigenvalue weighted by atomic mass is 16.5. The average molecular weight is 274 g/mol.